The first kappa shape index (κ1) is 32.5. The van der Waals surface area contributed by atoms with Gasteiger partial charge in [-0.2, -0.15) is 13.2 Å². The molecule has 0 aromatic rings. The number of rotatable bonds is 8. The van der Waals surface area contributed by atoms with Gasteiger partial charge < -0.3 is 31.4 Å². The number of carbonyl (C=O) groups is 5. The minimum atomic E-state index is -4.92. The summed E-state index contributed by atoms with van der Waals surface area (Å²) in [6.07, 6.45) is -1.93. The molecule has 0 aromatic carbocycles. The number of fused-ring (bicyclic) bond motifs is 1. The van der Waals surface area contributed by atoms with Gasteiger partial charge in [0.15, 0.2) is 0 Å². The maximum atomic E-state index is 11.8. The highest BCUT2D eigenvalue weighted by Gasteiger charge is 2.61. The third kappa shape index (κ3) is 8.64. The van der Waals surface area contributed by atoms with E-state index in [1.54, 1.807) is 12.2 Å². The molecule has 4 aliphatic rings. The normalized spacial score (nSPS) is 28.5. The van der Waals surface area contributed by atoms with Crippen molar-refractivity contribution >= 4 is 30.4 Å². The number of nitrogens with one attached hydrogen (secondary N) is 3. The summed E-state index contributed by atoms with van der Waals surface area (Å²) in [6.45, 7) is 13.0. The van der Waals surface area contributed by atoms with Crippen molar-refractivity contribution in [3.05, 3.63) is 0 Å². The van der Waals surface area contributed by atoms with Crippen LogP contribution < -0.4 is 21.7 Å². The fourth-order valence-electron chi connectivity index (χ4n) is 5.45. The van der Waals surface area contributed by atoms with Crippen LogP contribution in [0.25, 0.3) is 0 Å². The zero-order valence-corrected chi connectivity index (χ0v) is 23.5. The second-order valence-electron chi connectivity index (χ2n) is 12.7. The third-order valence-corrected chi connectivity index (χ3v) is 8.50. The van der Waals surface area contributed by atoms with Crippen LogP contribution >= 0.6 is 0 Å². The van der Waals surface area contributed by atoms with E-state index in [4.69, 9.17) is 5.73 Å². The lowest BCUT2D eigenvalue weighted by Crippen LogP contribution is -2.47. The van der Waals surface area contributed by atoms with Crippen molar-refractivity contribution in [2.45, 2.75) is 84.1 Å². The highest BCUT2D eigenvalue weighted by molar-refractivity contribution is 5.86. The number of hydrogen-bond donors (Lipinski definition) is 4. The third-order valence-electron chi connectivity index (χ3n) is 8.50. The smallest absolute Gasteiger partial charge is 0.368 e. The quantitative estimate of drug-likeness (QED) is 0.326. The van der Waals surface area contributed by atoms with E-state index < -0.39 is 35.5 Å². The van der Waals surface area contributed by atoms with E-state index in [0.29, 0.717) is 37.4 Å². The average molecular weight is 562 g/mol. The zero-order chi connectivity index (χ0) is 30.0. The predicted molar refractivity (Wildman–Crippen MR) is 137 cm³/mol. The van der Waals surface area contributed by atoms with Crippen molar-refractivity contribution in [3.63, 3.8) is 0 Å². The Morgan fingerprint density at radius 3 is 2.00 bits per heavy atom. The number of nitrogens with zero attached hydrogens (tertiary/aromatic N) is 1. The molecule has 13 heteroatoms. The lowest BCUT2D eigenvalue weighted by atomic mass is 9.91. The van der Waals surface area contributed by atoms with Crippen molar-refractivity contribution in [1.82, 2.24) is 20.9 Å². The van der Waals surface area contributed by atoms with Gasteiger partial charge in [0.05, 0.1) is 6.04 Å². The number of nitrogens with two attached hydrogens (primary N) is 1. The number of aldehydes is 1. The predicted octanol–water partition coefficient (Wildman–Crippen LogP) is 1.13. The van der Waals surface area contributed by atoms with Gasteiger partial charge in [0, 0.05) is 24.5 Å². The van der Waals surface area contributed by atoms with Crippen molar-refractivity contribution in [3.8, 4) is 0 Å². The Bertz CT molecular complexity index is 937. The first-order valence-corrected chi connectivity index (χ1v) is 13.1. The van der Waals surface area contributed by atoms with Crippen LogP contribution in [0, 0.1) is 28.6 Å². The van der Waals surface area contributed by atoms with Crippen molar-refractivity contribution in [2.24, 2.45) is 34.3 Å². The fourth-order valence-corrected chi connectivity index (χ4v) is 5.45. The summed E-state index contributed by atoms with van der Waals surface area (Å²) in [5.41, 5.74) is 5.08. The molecule has 4 fully saturated rings. The summed E-state index contributed by atoms with van der Waals surface area (Å²) in [7, 11) is 2.22. The molecule has 2 aliphatic heterocycles. The highest BCUT2D eigenvalue weighted by Crippen LogP contribution is 2.61. The Hall–Kier alpha value is -2.70. The van der Waals surface area contributed by atoms with E-state index in [1.165, 1.54) is 13.1 Å². The summed E-state index contributed by atoms with van der Waals surface area (Å²) in [5.74, 6) is -0.985. The topological polar surface area (TPSA) is 151 Å². The summed E-state index contributed by atoms with van der Waals surface area (Å²) in [5, 5.41) is 6.82. The Labute approximate surface area is 227 Å². The lowest BCUT2D eigenvalue weighted by molar-refractivity contribution is -0.174. The van der Waals surface area contributed by atoms with E-state index in [-0.39, 0.29) is 23.8 Å². The van der Waals surface area contributed by atoms with Crippen molar-refractivity contribution < 1.29 is 37.1 Å². The summed E-state index contributed by atoms with van der Waals surface area (Å²) in [4.78, 5) is 56.3. The second-order valence-corrected chi connectivity index (χ2v) is 12.7. The van der Waals surface area contributed by atoms with Crippen LogP contribution in [-0.2, 0) is 24.0 Å². The average Bonchev–Trinajstić information content (AvgIpc) is 3.52. The molecular formula is C26H42F3N5O5. The molecule has 2 heterocycles. The minimum absolute atomic E-state index is 0.0936. The first-order chi connectivity index (χ1) is 17.8. The molecular weight excluding hydrogens is 519 g/mol. The van der Waals surface area contributed by atoms with Crippen LogP contribution in [0.1, 0.15) is 60.3 Å². The molecule has 5 atom stereocenters. The van der Waals surface area contributed by atoms with E-state index >= 15 is 0 Å². The molecule has 2 saturated carbocycles. The van der Waals surface area contributed by atoms with Crippen LogP contribution in [0.4, 0.5) is 13.2 Å². The van der Waals surface area contributed by atoms with Gasteiger partial charge >= 0.3 is 12.1 Å². The number of halogens is 3. The van der Waals surface area contributed by atoms with E-state index in [2.05, 4.69) is 36.4 Å². The molecule has 5 N–H and O–H groups in total. The van der Waals surface area contributed by atoms with Gasteiger partial charge in [-0.05, 0) is 69.2 Å². The molecule has 4 rings (SSSR count). The maximum Gasteiger partial charge on any atom is 0.471 e. The van der Waals surface area contributed by atoms with Crippen LogP contribution in [0.2, 0.25) is 0 Å². The monoisotopic (exact) mass is 561 g/mol. The highest BCUT2D eigenvalue weighted by atomic mass is 19.4. The molecule has 0 spiro atoms. The molecule has 2 aliphatic carbocycles. The molecule has 5 unspecified atom stereocenters. The number of carbonyl (C=O) groups excluding carboxylic acids is 5. The van der Waals surface area contributed by atoms with Gasteiger partial charge in [-0.3, -0.25) is 19.2 Å². The Morgan fingerprint density at radius 1 is 1.13 bits per heavy atom. The summed E-state index contributed by atoms with van der Waals surface area (Å²) in [6, 6.07) is -1.81. The van der Waals surface area contributed by atoms with E-state index in [0.717, 1.165) is 11.8 Å². The molecule has 10 nitrogen and oxygen atoms in total. The van der Waals surface area contributed by atoms with E-state index in [1.807, 2.05) is 13.8 Å². The zero-order valence-electron chi connectivity index (χ0n) is 23.5. The number of primary amides is 1. The standard InChI is InChI=1S/C10H17N3O3.C8H10F3NO2.C8H15N/c1-10(2)4-6(9(16)13-10)3-7(8(11)15)12-5-14;1-7(2-3-7)5(4-13)12-6(14)8(9,10)11;1-8(2)6-4-9(3)5-7(6)8/h5-7H,3-4H2,1-2H3,(H2,11,15)(H,12,14)(H,13,16);4-5H,2-3H2,1H3,(H,12,14);6-7H,4-5H2,1-3H3. The summed E-state index contributed by atoms with van der Waals surface area (Å²) >= 11 is 0. The Balaban J connectivity index is 0.000000212. The maximum absolute atomic E-state index is 11.8. The number of amides is 4. The molecule has 4 amide bonds. The van der Waals surface area contributed by atoms with Gasteiger partial charge in [-0.25, -0.2) is 0 Å². The van der Waals surface area contributed by atoms with Crippen LogP contribution in [0.3, 0.4) is 0 Å². The SMILES string of the molecule is CC1(C(C=O)NC(=O)C(F)(F)F)CC1.CC1(C)CC(CC(NC=O)C(N)=O)C(=O)N1.CN1CC2C(C1)C2(C)C. The van der Waals surface area contributed by atoms with Crippen molar-refractivity contribution in [1.29, 1.82) is 0 Å². The molecule has 0 aromatic heterocycles. The van der Waals surface area contributed by atoms with Gasteiger partial charge in [0.1, 0.15) is 12.3 Å². The van der Waals surface area contributed by atoms with Crippen LogP contribution in [0.5, 0.6) is 0 Å². The van der Waals surface area contributed by atoms with Crippen molar-refractivity contribution in [2.75, 3.05) is 20.1 Å². The van der Waals surface area contributed by atoms with Gasteiger partial charge in [0.2, 0.25) is 18.2 Å². The molecule has 39 heavy (non-hydrogen) atoms. The van der Waals surface area contributed by atoms with Crippen LogP contribution in [-0.4, -0.2) is 79.3 Å². The molecule has 222 valence electrons. The fraction of sp³-hybridized carbons (Fsp3) is 0.808. The molecule has 2 saturated heterocycles. The first-order valence-electron chi connectivity index (χ1n) is 13.1. The van der Waals surface area contributed by atoms with Gasteiger partial charge in [-0.15, -0.1) is 0 Å². The molecule has 0 bridgehead atoms. The number of piperidine rings is 1. The van der Waals surface area contributed by atoms with Gasteiger partial charge in [-0.1, -0.05) is 20.8 Å². The second kappa shape index (κ2) is 11.8. The Morgan fingerprint density at radius 2 is 1.67 bits per heavy atom. The Kier molecular flexibility index (Phi) is 9.85. The largest absolute Gasteiger partial charge is 0.471 e. The van der Waals surface area contributed by atoms with Gasteiger partial charge in [0.25, 0.3) is 0 Å². The summed E-state index contributed by atoms with van der Waals surface area (Å²) < 4.78 is 35.5. The number of likely N-dealkylation sites (tertiary alicyclic amines) is 1. The number of alkyl halides is 3. The lowest BCUT2D eigenvalue weighted by Gasteiger charge is -2.19. The van der Waals surface area contributed by atoms with E-state index in [9.17, 15) is 37.1 Å². The minimum Gasteiger partial charge on any atom is -0.368 e. The van der Waals surface area contributed by atoms with Crippen LogP contribution in [0.15, 0.2) is 0 Å². The number of hydrogen-bond acceptors (Lipinski definition) is 6. The molecule has 0 radical (unpaired) electrons.